The van der Waals surface area contributed by atoms with Crippen molar-refractivity contribution in [2.45, 2.75) is 44.6 Å². The lowest BCUT2D eigenvalue weighted by molar-refractivity contribution is -0.127. The third-order valence-electron chi connectivity index (χ3n) is 2.73. The Labute approximate surface area is 119 Å². The first-order valence-electron chi connectivity index (χ1n) is 6.81. The van der Waals surface area contributed by atoms with Crippen LogP contribution in [-0.2, 0) is 9.59 Å². The Morgan fingerprint density at radius 2 is 1.75 bits per heavy atom. The molecule has 9 N–H and O–H groups in total. The molecule has 0 spiro atoms. The molecule has 0 radical (unpaired) electrons. The number of hydrogen-bond acceptors (Lipinski definition) is 4. The summed E-state index contributed by atoms with van der Waals surface area (Å²) in [5, 5.41) is 2.63. The van der Waals surface area contributed by atoms with Crippen LogP contribution in [0.3, 0.4) is 0 Å². The second-order valence-electron chi connectivity index (χ2n) is 4.57. The maximum absolute atomic E-state index is 11.6. The van der Waals surface area contributed by atoms with Crippen molar-refractivity contribution in [1.82, 2.24) is 5.32 Å². The van der Waals surface area contributed by atoms with Gasteiger partial charge in [-0.25, -0.2) is 0 Å². The van der Waals surface area contributed by atoms with Gasteiger partial charge in [0.2, 0.25) is 11.8 Å². The van der Waals surface area contributed by atoms with E-state index in [9.17, 15) is 9.59 Å². The molecule has 1 atom stereocenters. The topological polar surface area (TPSA) is 163 Å². The number of carbonyl (C=O) groups is 2. The first kappa shape index (κ1) is 18.2. The van der Waals surface area contributed by atoms with Gasteiger partial charge < -0.3 is 28.3 Å². The lowest BCUT2D eigenvalue weighted by atomic mass is 10.1. The summed E-state index contributed by atoms with van der Waals surface area (Å²) >= 11 is 0. The minimum atomic E-state index is -0.675. The highest BCUT2D eigenvalue weighted by Gasteiger charge is 2.17. The summed E-state index contributed by atoms with van der Waals surface area (Å²) in [6.45, 7) is 1.02. The predicted octanol–water partition coefficient (Wildman–Crippen LogP) is -1.47. The van der Waals surface area contributed by atoms with E-state index in [1.54, 1.807) is 0 Å². The first-order valence-corrected chi connectivity index (χ1v) is 6.81. The van der Waals surface area contributed by atoms with Crippen molar-refractivity contribution in [2.75, 3.05) is 13.1 Å². The van der Waals surface area contributed by atoms with E-state index in [0.29, 0.717) is 32.4 Å². The fraction of sp³-hybridized carbons (Fsp3) is 0.750. The van der Waals surface area contributed by atoms with Crippen molar-refractivity contribution in [3.05, 3.63) is 0 Å². The summed E-state index contributed by atoms with van der Waals surface area (Å²) in [7, 11) is 0. The zero-order valence-electron chi connectivity index (χ0n) is 11.8. The number of aliphatic imine (C=N–C) groups is 1. The second kappa shape index (κ2) is 11.0. The van der Waals surface area contributed by atoms with Crippen molar-refractivity contribution < 1.29 is 9.59 Å². The molecular formula is C12H26N6O2. The van der Waals surface area contributed by atoms with Crippen molar-refractivity contribution in [3.63, 3.8) is 0 Å². The average Bonchev–Trinajstić information content (AvgIpc) is 2.37. The Morgan fingerprint density at radius 1 is 1.05 bits per heavy atom. The number of nitrogens with one attached hydrogen (secondary N) is 1. The van der Waals surface area contributed by atoms with E-state index < -0.39 is 11.9 Å². The lowest BCUT2D eigenvalue weighted by Crippen LogP contribution is -2.44. The summed E-state index contributed by atoms with van der Waals surface area (Å²) in [5.41, 5.74) is 21.0. The van der Waals surface area contributed by atoms with Crippen LogP contribution in [0.5, 0.6) is 0 Å². The molecule has 0 heterocycles. The molecule has 0 aromatic carbocycles. The van der Waals surface area contributed by atoms with Crippen LogP contribution in [0.1, 0.15) is 38.5 Å². The molecule has 116 valence electrons. The van der Waals surface area contributed by atoms with Crippen LogP contribution in [0.15, 0.2) is 4.99 Å². The fourth-order valence-electron chi connectivity index (χ4n) is 1.66. The molecule has 0 aromatic rings. The first-order chi connectivity index (χ1) is 9.47. The Balaban J connectivity index is 3.97. The monoisotopic (exact) mass is 286 g/mol. The highest BCUT2D eigenvalue weighted by molar-refractivity contribution is 5.86. The molecule has 0 rings (SSSR count). The number of carbonyl (C=O) groups excluding carboxylic acids is 2. The molecule has 20 heavy (non-hydrogen) atoms. The Bertz CT molecular complexity index is 328. The molecule has 8 heteroatoms. The van der Waals surface area contributed by atoms with Crippen molar-refractivity contribution in [3.8, 4) is 0 Å². The molecule has 0 saturated heterocycles. The van der Waals surface area contributed by atoms with E-state index in [1.807, 2.05) is 0 Å². The van der Waals surface area contributed by atoms with Crippen LogP contribution in [-0.4, -0.2) is 36.9 Å². The van der Waals surface area contributed by atoms with Crippen LogP contribution in [0, 0.1) is 0 Å². The van der Waals surface area contributed by atoms with E-state index in [-0.39, 0.29) is 11.9 Å². The van der Waals surface area contributed by atoms with Gasteiger partial charge in [-0.05, 0) is 32.2 Å². The molecular weight excluding hydrogens is 260 g/mol. The van der Waals surface area contributed by atoms with Gasteiger partial charge in [-0.3, -0.25) is 14.6 Å². The molecule has 0 aliphatic carbocycles. The predicted molar refractivity (Wildman–Crippen MR) is 78.6 cm³/mol. The van der Waals surface area contributed by atoms with Crippen molar-refractivity contribution >= 4 is 17.8 Å². The molecule has 0 fully saturated rings. The van der Waals surface area contributed by atoms with Crippen LogP contribution < -0.4 is 28.3 Å². The van der Waals surface area contributed by atoms with Gasteiger partial charge in [-0.2, -0.15) is 0 Å². The SMILES string of the molecule is NCCCCCC(=O)N[C@@H](CCCN=C(N)N)C(N)=O. The van der Waals surface area contributed by atoms with Crippen LogP contribution in [0.25, 0.3) is 0 Å². The van der Waals surface area contributed by atoms with Crippen LogP contribution in [0.2, 0.25) is 0 Å². The normalized spacial score (nSPS) is 11.7. The molecule has 0 aromatic heterocycles. The smallest absolute Gasteiger partial charge is 0.240 e. The van der Waals surface area contributed by atoms with Crippen LogP contribution in [0.4, 0.5) is 0 Å². The fourth-order valence-corrected chi connectivity index (χ4v) is 1.66. The number of nitrogens with two attached hydrogens (primary N) is 4. The Kier molecular flexibility index (Phi) is 10.0. The molecule has 0 aliphatic rings. The van der Waals surface area contributed by atoms with Gasteiger partial charge in [0, 0.05) is 13.0 Å². The van der Waals surface area contributed by atoms with Gasteiger partial charge in [-0.1, -0.05) is 6.42 Å². The number of guanidine groups is 1. The maximum atomic E-state index is 11.6. The van der Waals surface area contributed by atoms with E-state index in [0.717, 1.165) is 19.3 Å². The summed E-state index contributed by atoms with van der Waals surface area (Å²) in [6, 6.07) is -0.675. The number of hydrogen-bond donors (Lipinski definition) is 5. The number of rotatable bonds is 11. The quantitative estimate of drug-likeness (QED) is 0.177. The molecule has 0 saturated carbocycles. The van der Waals surface area contributed by atoms with E-state index >= 15 is 0 Å². The third kappa shape index (κ3) is 10.1. The standard InChI is InChI=1S/C12H26N6O2/c13-7-3-1-2-6-10(19)18-9(11(14)20)5-4-8-17-12(15)16/h9H,1-8,13H2,(H2,14,20)(H,18,19)(H4,15,16,17)/t9-/m0/s1. The molecule has 0 aliphatic heterocycles. The zero-order valence-corrected chi connectivity index (χ0v) is 11.8. The molecule has 8 nitrogen and oxygen atoms in total. The van der Waals surface area contributed by atoms with E-state index in [2.05, 4.69) is 10.3 Å². The zero-order chi connectivity index (χ0) is 15.4. The number of unbranched alkanes of at least 4 members (excludes halogenated alkanes) is 2. The number of primary amides is 1. The average molecular weight is 286 g/mol. The van der Waals surface area contributed by atoms with Gasteiger partial charge in [0.25, 0.3) is 0 Å². The number of amides is 2. The van der Waals surface area contributed by atoms with Gasteiger partial charge in [0.05, 0.1) is 0 Å². The highest BCUT2D eigenvalue weighted by atomic mass is 16.2. The van der Waals surface area contributed by atoms with Gasteiger partial charge in [0.15, 0.2) is 5.96 Å². The summed E-state index contributed by atoms with van der Waals surface area (Å²) < 4.78 is 0. The highest BCUT2D eigenvalue weighted by Crippen LogP contribution is 2.02. The maximum Gasteiger partial charge on any atom is 0.240 e. The van der Waals surface area contributed by atoms with Gasteiger partial charge >= 0.3 is 0 Å². The van der Waals surface area contributed by atoms with Crippen molar-refractivity contribution in [2.24, 2.45) is 27.9 Å². The van der Waals surface area contributed by atoms with Crippen molar-refractivity contribution in [1.29, 1.82) is 0 Å². The second-order valence-corrected chi connectivity index (χ2v) is 4.57. The van der Waals surface area contributed by atoms with E-state index in [1.165, 1.54) is 0 Å². The Hall–Kier alpha value is -1.83. The van der Waals surface area contributed by atoms with Crippen LogP contribution >= 0.6 is 0 Å². The Morgan fingerprint density at radius 3 is 2.30 bits per heavy atom. The largest absolute Gasteiger partial charge is 0.370 e. The van der Waals surface area contributed by atoms with E-state index in [4.69, 9.17) is 22.9 Å². The molecule has 2 amide bonds. The lowest BCUT2D eigenvalue weighted by Gasteiger charge is -2.14. The summed E-state index contributed by atoms with van der Waals surface area (Å²) in [6.07, 6.45) is 3.90. The summed E-state index contributed by atoms with van der Waals surface area (Å²) in [5.74, 6) is -0.720. The van der Waals surface area contributed by atoms with Gasteiger partial charge in [-0.15, -0.1) is 0 Å². The summed E-state index contributed by atoms with van der Waals surface area (Å²) in [4.78, 5) is 26.7. The molecule has 0 bridgehead atoms. The number of nitrogens with zero attached hydrogens (tertiary/aromatic N) is 1. The minimum absolute atomic E-state index is 0.00423. The minimum Gasteiger partial charge on any atom is -0.370 e. The molecule has 0 unspecified atom stereocenters. The van der Waals surface area contributed by atoms with Gasteiger partial charge in [0.1, 0.15) is 6.04 Å². The third-order valence-corrected chi connectivity index (χ3v) is 2.73.